The van der Waals surface area contributed by atoms with Crippen LogP contribution in [0.3, 0.4) is 0 Å². The van der Waals surface area contributed by atoms with Crippen molar-refractivity contribution in [2.75, 3.05) is 26.2 Å². The molecule has 0 radical (unpaired) electrons. The summed E-state index contributed by atoms with van der Waals surface area (Å²) in [6, 6.07) is 0. The van der Waals surface area contributed by atoms with Crippen LogP contribution in [0.15, 0.2) is 0 Å². The summed E-state index contributed by atoms with van der Waals surface area (Å²) in [5, 5.41) is 8.71. The van der Waals surface area contributed by atoms with Gasteiger partial charge in [0.25, 0.3) is 0 Å². The van der Waals surface area contributed by atoms with Gasteiger partial charge in [0.1, 0.15) is 0 Å². The summed E-state index contributed by atoms with van der Waals surface area (Å²) in [5.41, 5.74) is 0. The first-order valence-corrected chi connectivity index (χ1v) is 10.3. The van der Waals surface area contributed by atoms with E-state index in [0.717, 1.165) is 6.42 Å². The minimum absolute atomic E-state index is 0.373. The molecular weight excluding hydrogens is 270 g/mol. The molecule has 0 aliphatic carbocycles. The zero-order valence-corrected chi connectivity index (χ0v) is 15.0. The molecule has 2 nitrogen and oxygen atoms in total. The van der Waals surface area contributed by atoms with Gasteiger partial charge in [0.05, 0.1) is 0 Å². The predicted molar refractivity (Wildman–Crippen MR) is 97.4 cm³/mol. The van der Waals surface area contributed by atoms with Gasteiger partial charge in [-0.25, -0.2) is 0 Å². The van der Waals surface area contributed by atoms with Crippen molar-refractivity contribution in [1.29, 1.82) is 0 Å². The first-order chi connectivity index (χ1) is 10.9. The molecule has 0 saturated carbocycles. The Kier molecular flexibility index (Phi) is 14.3. The van der Waals surface area contributed by atoms with Crippen molar-refractivity contribution >= 4 is 0 Å². The van der Waals surface area contributed by atoms with Crippen molar-refractivity contribution in [3.8, 4) is 0 Å². The summed E-state index contributed by atoms with van der Waals surface area (Å²) in [5.74, 6) is 0. The van der Waals surface area contributed by atoms with Crippen molar-refractivity contribution in [2.45, 2.75) is 103 Å². The molecule has 22 heavy (non-hydrogen) atoms. The number of rotatable bonds is 15. The molecule has 2 heteroatoms. The molecule has 1 heterocycles. The van der Waals surface area contributed by atoms with Crippen molar-refractivity contribution in [3.63, 3.8) is 0 Å². The summed E-state index contributed by atoms with van der Waals surface area (Å²) < 4.78 is 0. The highest BCUT2D eigenvalue weighted by molar-refractivity contribution is 4.64. The molecule has 1 aliphatic heterocycles. The topological polar surface area (TPSA) is 23.5 Å². The fraction of sp³-hybridized carbons (Fsp3) is 1.00. The third-order valence-corrected chi connectivity index (χ3v) is 5.08. The second-order valence-electron chi connectivity index (χ2n) is 7.22. The van der Waals surface area contributed by atoms with Crippen LogP contribution in [0.25, 0.3) is 0 Å². The highest BCUT2D eigenvalue weighted by Crippen LogP contribution is 2.13. The second-order valence-corrected chi connectivity index (χ2v) is 7.22. The van der Waals surface area contributed by atoms with E-state index in [1.165, 1.54) is 116 Å². The Bertz CT molecular complexity index is 214. The van der Waals surface area contributed by atoms with Crippen LogP contribution in [-0.4, -0.2) is 36.2 Å². The van der Waals surface area contributed by atoms with E-state index in [1.807, 2.05) is 0 Å². The molecule has 0 aromatic carbocycles. The molecule has 0 atom stereocenters. The van der Waals surface area contributed by atoms with Gasteiger partial charge in [-0.2, -0.15) is 0 Å². The molecule has 0 unspecified atom stereocenters. The normalized spacial score (nSPS) is 16.2. The lowest BCUT2D eigenvalue weighted by Crippen LogP contribution is -2.30. The average Bonchev–Trinajstić information content (AvgIpc) is 2.56. The van der Waals surface area contributed by atoms with E-state index in [9.17, 15) is 0 Å². The van der Waals surface area contributed by atoms with Gasteiger partial charge in [-0.3, -0.25) is 0 Å². The number of likely N-dealkylation sites (tertiary alicyclic amines) is 1. The Hall–Kier alpha value is -0.0800. The Labute approximate surface area is 139 Å². The maximum absolute atomic E-state index is 8.71. The number of nitrogens with zero attached hydrogens (tertiary/aromatic N) is 1. The number of unbranched alkanes of at least 4 members (excludes halogenated alkanes) is 12. The molecular formula is C20H41NO. The summed E-state index contributed by atoms with van der Waals surface area (Å²) in [6.07, 6.45) is 22.2. The van der Waals surface area contributed by atoms with Crippen molar-refractivity contribution < 1.29 is 5.11 Å². The van der Waals surface area contributed by atoms with Crippen molar-refractivity contribution in [1.82, 2.24) is 4.90 Å². The molecule has 0 bridgehead atoms. The van der Waals surface area contributed by atoms with Gasteiger partial charge < -0.3 is 10.0 Å². The summed E-state index contributed by atoms with van der Waals surface area (Å²) in [4.78, 5) is 2.67. The standard InChI is InChI=1S/C20H41NO/c22-20-16-11-9-7-5-3-1-2-4-6-8-10-13-17-21-18-14-12-15-19-21/h22H,1-20H2. The van der Waals surface area contributed by atoms with Crippen LogP contribution in [-0.2, 0) is 0 Å². The molecule has 1 rings (SSSR count). The third kappa shape index (κ3) is 12.5. The van der Waals surface area contributed by atoms with Crippen LogP contribution < -0.4 is 0 Å². The number of hydrogen-bond donors (Lipinski definition) is 1. The predicted octanol–water partition coefficient (Wildman–Crippen LogP) is 5.54. The van der Waals surface area contributed by atoms with E-state index in [-0.39, 0.29) is 0 Å². The van der Waals surface area contributed by atoms with Gasteiger partial charge in [0, 0.05) is 6.61 Å². The summed E-state index contributed by atoms with van der Waals surface area (Å²) >= 11 is 0. The maximum atomic E-state index is 8.71. The van der Waals surface area contributed by atoms with Crippen LogP contribution in [0.4, 0.5) is 0 Å². The lowest BCUT2D eigenvalue weighted by molar-refractivity contribution is 0.224. The molecule has 1 fully saturated rings. The SMILES string of the molecule is OCCCCCCCCCCCCCCCN1CCCCC1. The van der Waals surface area contributed by atoms with Gasteiger partial charge in [-0.05, 0) is 45.3 Å². The fourth-order valence-corrected chi connectivity index (χ4v) is 3.57. The smallest absolute Gasteiger partial charge is 0.0431 e. The minimum Gasteiger partial charge on any atom is -0.396 e. The number of piperidine rings is 1. The van der Waals surface area contributed by atoms with Gasteiger partial charge in [0.2, 0.25) is 0 Å². The summed E-state index contributed by atoms with van der Waals surface area (Å²) in [6.45, 7) is 4.45. The van der Waals surface area contributed by atoms with E-state index < -0.39 is 0 Å². The van der Waals surface area contributed by atoms with Crippen molar-refractivity contribution in [3.05, 3.63) is 0 Å². The Balaban J connectivity index is 1.68. The Morgan fingerprint density at radius 2 is 0.909 bits per heavy atom. The zero-order chi connectivity index (χ0) is 15.7. The minimum atomic E-state index is 0.373. The van der Waals surface area contributed by atoms with Gasteiger partial charge in [-0.15, -0.1) is 0 Å². The first kappa shape index (κ1) is 20.0. The molecule has 1 saturated heterocycles. The van der Waals surface area contributed by atoms with Crippen LogP contribution >= 0.6 is 0 Å². The number of hydrogen-bond acceptors (Lipinski definition) is 2. The Morgan fingerprint density at radius 3 is 1.36 bits per heavy atom. The molecule has 1 aliphatic rings. The van der Waals surface area contributed by atoms with E-state index >= 15 is 0 Å². The van der Waals surface area contributed by atoms with Crippen LogP contribution in [0.2, 0.25) is 0 Å². The maximum Gasteiger partial charge on any atom is 0.0431 e. The highest BCUT2D eigenvalue weighted by Gasteiger charge is 2.08. The Morgan fingerprint density at radius 1 is 0.500 bits per heavy atom. The molecule has 1 N–H and O–H groups in total. The lowest BCUT2D eigenvalue weighted by atomic mass is 10.0. The van der Waals surface area contributed by atoms with E-state index in [2.05, 4.69) is 4.90 Å². The van der Waals surface area contributed by atoms with Crippen molar-refractivity contribution in [2.24, 2.45) is 0 Å². The first-order valence-electron chi connectivity index (χ1n) is 10.3. The van der Waals surface area contributed by atoms with Gasteiger partial charge >= 0.3 is 0 Å². The van der Waals surface area contributed by atoms with Crippen LogP contribution in [0.5, 0.6) is 0 Å². The second kappa shape index (κ2) is 15.8. The number of aliphatic hydroxyl groups is 1. The van der Waals surface area contributed by atoms with E-state index in [0.29, 0.717) is 6.61 Å². The highest BCUT2D eigenvalue weighted by atomic mass is 16.2. The average molecular weight is 312 g/mol. The number of aliphatic hydroxyl groups excluding tert-OH is 1. The molecule has 0 spiro atoms. The molecule has 132 valence electrons. The fourth-order valence-electron chi connectivity index (χ4n) is 3.57. The summed E-state index contributed by atoms with van der Waals surface area (Å²) in [7, 11) is 0. The molecule has 0 amide bonds. The lowest BCUT2D eigenvalue weighted by Gasteiger charge is -2.26. The van der Waals surface area contributed by atoms with Crippen LogP contribution in [0.1, 0.15) is 103 Å². The monoisotopic (exact) mass is 311 g/mol. The molecule has 0 aromatic rings. The molecule has 0 aromatic heterocycles. The quantitative estimate of drug-likeness (QED) is 0.402. The van der Waals surface area contributed by atoms with Gasteiger partial charge in [-0.1, -0.05) is 77.0 Å². The zero-order valence-electron chi connectivity index (χ0n) is 15.0. The third-order valence-electron chi connectivity index (χ3n) is 5.08. The van der Waals surface area contributed by atoms with Crippen LogP contribution in [0, 0.1) is 0 Å². The van der Waals surface area contributed by atoms with Gasteiger partial charge in [0.15, 0.2) is 0 Å². The van der Waals surface area contributed by atoms with E-state index in [4.69, 9.17) is 5.11 Å². The van der Waals surface area contributed by atoms with E-state index in [1.54, 1.807) is 0 Å². The largest absolute Gasteiger partial charge is 0.396 e.